The van der Waals surface area contributed by atoms with E-state index in [0.29, 0.717) is 0 Å². The molecule has 4 nitrogen and oxygen atoms in total. The third kappa shape index (κ3) is 5.13. The molecule has 0 amide bonds. The molecule has 0 spiro atoms. The second kappa shape index (κ2) is 10.9. The van der Waals surface area contributed by atoms with Crippen LogP contribution in [0.1, 0.15) is 22.5 Å². The van der Waals surface area contributed by atoms with Gasteiger partial charge in [0, 0.05) is 50.7 Å². The summed E-state index contributed by atoms with van der Waals surface area (Å²) >= 11 is 0. The van der Waals surface area contributed by atoms with Gasteiger partial charge < -0.3 is 9.80 Å². The summed E-state index contributed by atoms with van der Waals surface area (Å²) in [6.45, 7) is 7.97. The van der Waals surface area contributed by atoms with Crippen LogP contribution in [0.15, 0.2) is 110 Å². The third-order valence-corrected chi connectivity index (χ3v) is 6.04. The molecule has 0 bridgehead atoms. The van der Waals surface area contributed by atoms with Crippen molar-refractivity contribution in [2.45, 2.75) is 0 Å². The zero-order chi connectivity index (χ0) is 25.7. The fraction of sp³-hybridized carbons (Fsp3) is 0.125. The molecule has 1 heterocycles. The van der Waals surface area contributed by atoms with Gasteiger partial charge in [0.2, 0.25) is 0 Å². The monoisotopic (exact) mass is 472 g/mol. The molecule has 4 heteroatoms. The molecule has 0 radical (unpaired) electrons. The van der Waals surface area contributed by atoms with Crippen LogP contribution in [0.3, 0.4) is 0 Å². The van der Waals surface area contributed by atoms with Crippen LogP contribution in [0, 0.1) is 0 Å². The van der Waals surface area contributed by atoms with Crippen LogP contribution in [0.25, 0.3) is 22.2 Å². The summed E-state index contributed by atoms with van der Waals surface area (Å²) < 4.78 is 0. The number of allylic oxidation sites excluding steroid dienone is 4. The number of fused-ring (bicyclic) bond motifs is 1. The number of hydrogen-bond donors (Lipinski definition) is 0. The molecule has 0 saturated carbocycles. The normalized spacial score (nSPS) is 11.9. The van der Waals surface area contributed by atoms with Gasteiger partial charge in [-0.2, -0.15) is 0 Å². The van der Waals surface area contributed by atoms with Gasteiger partial charge in [0.05, 0.1) is 22.4 Å². The topological polar surface area (TPSA) is 32.3 Å². The third-order valence-electron chi connectivity index (χ3n) is 6.04. The summed E-state index contributed by atoms with van der Waals surface area (Å²) in [5, 5.41) is 0. The summed E-state index contributed by atoms with van der Waals surface area (Å²) in [7, 11) is 8.15. The number of benzene rings is 3. The van der Waals surface area contributed by atoms with Crippen LogP contribution in [-0.4, -0.2) is 38.2 Å². The molecule has 0 aliphatic carbocycles. The Kier molecular flexibility index (Phi) is 7.45. The van der Waals surface area contributed by atoms with Crippen LogP contribution in [0.5, 0.6) is 0 Å². The molecular weight excluding hydrogens is 440 g/mol. The van der Waals surface area contributed by atoms with Gasteiger partial charge in [-0.3, -0.25) is 0 Å². The average molecular weight is 473 g/mol. The lowest BCUT2D eigenvalue weighted by Gasteiger charge is -2.18. The Morgan fingerprint density at radius 1 is 0.583 bits per heavy atom. The SMILES string of the molecule is C=CC=C(c1ccc(N(C)C)cc1)c1nc2ccccc2nc1C(=CC=C)c1ccc(N(C)C)cc1. The molecule has 0 aliphatic rings. The Labute approximate surface area is 214 Å². The molecular formula is C32H32N4. The van der Waals surface area contributed by atoms with Crippen molar-refractivity contribution < 1.29 is 0 Å². The lowest BCUT2D eigenvalue weighted by Crippen LogP contribution is -2.09. The van der Waals surface area contributed by atoms with Crippen molar-refractivity contribution in [1.82, 2.24) is 9.97 Å². The molecule has 0 N–H and O–H groups in total. The highest BCUT2D eigenvalue weighted by molar-refractivity contribution is 5.92. The maximum absolute atomic E-state index is 5.13. The highest BCUT2D eigenvalue weighted by Gasteiger charge is 2.19. The first kappa shape index (κ1) is 24.7. The molecule has 3 aromatic carbocycles. The van der Waals surface area contributed by atoms with Crippen molar-refractivity contribution in [3.8, 4) is 0 Å². The second-order valence-corrected chi connectivity index (χ2v) is 8.92. The first-order valence-electron chi connectivity index (χ1n) is 11.9. The van der Waals surface area contributed by atoms with Gasteiger partial charge in [-0.1, -0.05) is 73.9 Å². The highest BCUT2D eigenvalue weighted by Crippen LogP contribution is 2.34. The first-order chi connectivity index (χ1) is 17.4. The summed E-state index contributed by atoms with van der Waals surface area (Å²) in [6.07, 6.45) is 7.62. The van der Waals surface area contributed by atoms with Gasteiger partial charge in [-0.15, -0.1) is 0 Å². The van der Waals surface area contributed by atoms with Gasteiger partial charge in [-0.05, 0) is 47.5 Å². The Hall–Kier alpha value is -4.44. The average Bonchev–Trinajstić information content (AvgIpc) is 2.90. The van der Waals surface area contributed by atoms with Crippen LogP contribution in [-0.2, 0) is 0 Å². The van der Waals surface area contributed by atoms with E-state index in [1.54, 1.807) is 12.2 Å². The van der Waals surface area contributed by atoms with E-state index >= 15 is 0 Å². The number of nitrogens with zero attached hydrogens (tertiary/aromatic N) is 4. The first-order valence-corrected chi connectivity index (χ1v) is 11.9. The highest BCUT2D eigenvalue weighted by atomic mass is 15.1. The Morgan fingerprint density at radius 2 is 0.944 bits per heavy atom. The van der Waals surface area contributed by atoms with Gasteiger partial charge in [-0.25, -0.2) is 9.97 Å². The molecule has 4 aromatic rings. The fourth-order valence-electron chi connectivity index (χ4n) is 4.11. The van der Waals surface area contributed by atoms with Gasteiger partial charge in [0.25, 0.3) is 0 Å². The van der Waals surface area contributed by atoms with E-state index in [9.17, 15) is 0 Å². The lowest BCUT2D eigenvalue weighted by molar-refractivity contribution is 1.13. The molecule has 0 aliphatic heterocycles. The molecule has 0 saturated heterocycles. The smallest absolute Gasteiger partial charge is 0.0979 e. The van der Waals surface area contributed by atoms with E-state index in [2.05, 4.69) is 71.5 Å². The van der Waals surface area contributed by atoms with E-state index in [4.69, 9.17) is 9.97 Å². The Balaban J connectivity index is 1.97. The minimum absolute atomic E-state index is 0.802. The largest absolute Gasteiger partial charge is 0.378 e. The molecule has 0 unspecified atom stereocenters. The van der Waals surface area contributed by atoms with Crippen molar-refractivity contribution >= 4 is 33.6 Å². The Bertz CT molecular complexity index is 1330. The van der Waals surface area contributed by atoms with E-state index in [0.717, 1.165) is 56.1 Å². The van der Waals surface area contributed by atoms with Crippen molar-refractivity contribution in [2.75, 3.05) is 38.0 Å². The van der Waals surface area contributed by atoms with Gasteiger partial charge in [0.15, 0.2) is 0 Å². The maximum atomic E-state index is 5.13. The zero-order valence-corrected chi connectivity index (χ0v) is 21.4. The summed E-state index contributed by atoms with van der Waals surface area (Å²) in [5.74, 6) is 0. The summed E-state index contributed by atoms with van der Waals surface area (Å²) in [6, 6.07) is 24.9. The predicted octanol–water partition coefficient (Wildman–Crippen LogP) is 7.00. The maximum Gasteiger partial charge on any atom is 0.0979 e. The summed E-state index contributed by atoms with van der Waals surface area (Å²) in [4.78, 5) is 14.4. The van der Waals surface area contributed by atoms with Crippen LogP contribution in [0.4, 0.5) is 11.4 Å². The number of anilines is 2. The minimum atomic E-state index is 0.802. The van der Waals surface area contributed by atoms with Crippen molar-refractivity contribution in [3.05, 3.63) is 133 Å². The van der Waals surface area contributed by atoms with Crippen molar-refractivity contribution in [1.29, 1.82) is 0 Å². The number of para-hydroxylation sites is 2. The van der Waals surface area contributed by atoms with E-state index < -0.39 is 0 Å². The predicted molar refractivity (Wildman–Crippen MR) is 156 cm³/mol. The summed E-state index contributed by atoms with van der Waals surface area (Å²) in [5.41, 5.74) is 9.58. The van der Waals surface area contributed by atoms with Crippen LogP contribution < -0.4 is 9.80 Å². The number of rotatable bonds is 8. The molecule has 36 heavy (non-hydrogen) atoms. The standard InChI is InChI=1S/C32H32N4/c1-7-11-27(23-15-19-25(20-16-23)35(3)4)31-32(34-30-14-10-9-13-29(30)33-31)28(12-8-2)24-17-21-26(22-18-24)36(5)6/h7-22H,1-2H2,3-6H3. The molecule has 1 aromatic heterocycles. The minimum Gasteiger partial charge on any atom is -0.378 e. The fourth-order valence-corrected chi connectivity index (χ4v) is 4.11. The molecule has 0 atom stereocenters. The van der Waals surface area contributed by atoms with Crippen molar-refractivity contribution in [2.24, 2.45) is 0 Å². The molecule has 180 valence electrons. The van der Waals surface area contributed by atoms with E-state index in [-0.39, 0.29) is 0 Å². The van der Waals surface area contributed by atoms with E-state index in [1.165, 1.54) is 0 Å². The van der Waals surface area contributed by atoms with Gasteiger partial charge in [0.1, 0.15) is 0 Å². The molecule has 4 rings (SSSR count). The zero-order valence-electron chi connectivity index (χ0n) is 21.4. The van der Waals surface area contributed by atoms with Crippen LogP contribution >= 0.6 is 0 Å². The Morgan fingerprint density at radius 3 is 1.25 bits per heavy atom. The lowest BCUT2D eigenvalue weighted by atomic mass is 9.93. The van der Waals surface area contributed by atoms with Gasteiger partial charge >= 0.3 is 0 Å². The number of hydrogen-bond acceptors (Lipinski definition) is 4. The van der Waals surface area contributed by atoms with Crippen LogP contribution in [0.2, 0.25) is 0 Å². The molecule has 0 fully saturated rings. The quantitative estimate of drug-likeness (QED) is 0.259. The second-order valence-electron chi connectivity index (χ2n) is 8.92. The van der Waals surface area contributed by atoms with Crippen molar-refractivity contribution in [3.63, 3.8) is 0 Å². The number of aromatic nitrogens is 2. The van der Waals surface area contributed by atoms with E-state index in [1.807, 2.05) is 64.6 Å².